The van der Waals surface area contributed by atoms with Gasteiger partial charge in [0, 0.05) is 38.3 Å². The molecule has 2 heterocycles. The zero-order valence-electron chi connectivity index (χ0n) is 13.2. The molecule has 0 amide bonds. The van der Waals surface area contributed by atoms with Crippen molar-refractivity contribution in [3.63, 3.8) is 0 Å². The Morgan fingerprint density at radius 3 is 2.64 bits per heavy atom. The van der Waals surface area contributed by atoms with E-state index < -0.39 is 0 Å². The predicted octanol–water partition coefficient (Wildman–Crippen LogP) is 2.44. The molecule has 0 N–H and O–H groups in total. The van der Waals surface area contributed by atoms with Gasteiger partial charge in [0.25, 0.3) is 0 Å². The molecule has 3 rings (SSSR count). The molecular formula is C18H25NO3. The fourth-order valence-electron chi connectivity index (χ4n) is 3.71. The summed E-state index contributed by atoms with van der Waals surface area (Å²) in [6.07, 6.45) is 2.13. The highest BCUT2D eigenvalue weighted by molar-refractivity contribution is 5.74. The Morgan fingerprint density at radius 2 is 1.95 bits per heavy atom. The van der Waals surface area contributed by atoms with E-state index >= 15 is 0 Å². The van der Waals surface area contributed by atoms with Crippen LogP contribution in [0.15, 0.2) is 30.3 Å². The SMILES string of the molecule is CCOC(=O)[C@@H]1CN(C2CCOCC2)C[C@H]1c1ccccc1. The van der Waals surface area contributed by atoms with Gasteiger partial charge in [-0.1, -0.05) is 30.3 Å². The van der Waals surface area contributed by atoms with Gasteiger partial charge in [0.2, 0.25) is 0 Å². The molecular weight excluding hydrogens is 278 g/mol. The summed E-state index contributed by atoms with van der Waals surface area (Å²) in [5.41, 5.74) is 1.25. The van der Waals surface area contributed by atoms with Crippen molar-refractivity contribution >= 4 is 5.97 Å². The lowest BCUT2D eigenvalue weighted by molar-refractivity contribution is -0.148. The smallest absolute Gasteiger partial charge is 0.310 e. The van der Waals surface area contributed by atoms with Gasteiger partial charge in [-0.15, -0.1) is 0 Å². The number of carbonyl (C=O) groups excluding carboxylic acids is 1. The van der Waals surface area contributed by atoms with Crippen LogP contribution in [-0.4, -0.2) is 49.8 Å². The minimum atomic E-state index is -0.0507. The fourth-order valence-corrected chi connectivity index (χ4v) is 3.71. The maximum atomic E-state index is 12.4. The zero-order valence-corrected chi connectivity index (χ0v) is 13.2. The van der Waals surface area contributed by atoms with E-state index in [0.717, 1.165) is 39.1 Å². The lowest BCUT2D eigenvalue weighted by Gasteiger charge is -2.31. The summed E-state index contributed by atoms with van der Waals surface area (Å²) in [4.78, 5) is 14.9. The minimum Gasteiger partial charge on any atom is -0.466 e. The molecule has 1 aromatic rings. The van der Waals surface area contributed by atoms with Crippen LogP contribution in [0.1, 0.15) is 31.2 Å². The van der Waals surface area contributed by atoms with Crippen molar-refractivity contribution in [1.29, 1.82) is 0 Å². The van der Waals surface area contributed by atoms with E-state index in [0.29, 0.717) is 12.6 Å². The Bertz CT molecular complexity index is 484. The monoisotopic (exact) mass is 303 g/mol. The van der Waals surface area contributed by atoms with E-state index in [-0.39, 0.29) is 17.8 Å². The van der Waals surface area contributed by atoms with Crippen LogP contribution in [-0.2, 0) is 14.3 Å². The summed E-state index contributed by atoms with van der Waals surface area (Å²) in [6, 6.07) is 10.9. The molecule has 120 valence electrons. The van der Waals surface area contributed by atoms with Crippen molar-refractivity contribution < 1.29 is 14.3 Å². The lowest BCUT2D eigenvalue weighted by atomic mass is 9.89. The Balaban J connectivity index is 1.77. The Labute approximate surface area is 132 Å². The topological polar surface area (TPSA) is 38.8 Å². The molecule has 0 aromatic heterocycles. The van der Waals surface area contributed by atoms with E-state index in [1.165, 1.54) is 5.56 Å². The number of benzene rings is 1. The number of hydrogen-bond acceptors (Lipinski definition) is 4. The predicted molar refractivity (Wildman–Crippen MR) is 84.7 cm³/mol. The van der Waals surface area contributed by atoms with Gasteiger partial charge in [-0.25, -0.2) is 0 Å². The fraction of sp³-hybridized carbons (Fsp3) is 0.611. The Morgan fingerprint density at radius 1 is 1.23 bits per heavy atom. The molecule has 0 saturated carbocycles. The normalized spacial score (nSPS) is 27.0. The molecule has 2 fully saturated rings. The van der Waals surface area contributed by atoms with Gasteiger partial charge in [0.15, 0.2) is 0 Å². The Hall–Kier alpha value is -1.39. The molecule has 0 bridgehead atoms. The van der Waals surface area contributed by atoms with Crippen molar-refractivity contribution in [3.05, 3.63) is 35.9 Å². The summed E-state index contributed by atoms with van der Waals surface area (Å²) in [5.74, 6) is 0.138. The molecule has 0 unspecified atom stereocenters. The van der Waals surface area contributed by atoms with Crippen molar-refractivity contribution in [2.24, 2.45) is 5.92 Å². The standard InChI is InChI=1S/C18H25NO3/c1-2-22-18(20)17-13-19(15-8-10-21-11-9-15)12-16(17)14-6-4-3-5-7-14/h3-7,15-17H,2,8-13H2,1H3/t16-,17+/m0/s1. The van der Waals surface area contributed by atoms with Crippen molar-refractivity contribution in [2.75, 3.05) is 32.9 Å². The molecule has 4 nitrogen and oxygen atoms in total. The van der Waals surface area contributed by atoms with Gasteiger partial charge >= 0.3 is 5.97 Å². The number of nitrogens with zero attached hydrogens (tertiary/aromatic N) is 1. The van der Waals surface area contributed by atoms with E-state index in [2.05, 4.69) is 29.2 Å². The molecule has 2 aliphatic rings. The van der Waals surface area contributed by atoms with E-state index in [1.54, 1.807) is 0 Å². The van der Waals surface area contributed by atoms with Crippen LogP contribution in [0, 0.1) is 5.92 Å². The zero-order chi connectivity index (χ0) is 15.4. The van der Waals surface area contributed by atoms with Crippen molar-refractivity contribution in [1.82, 2.24) is 4.90 Å². The second-order valence-electron chi connectivity index (χ2n) is 6.17. The summed E-state index contributed by atoms with van der Waals surface area (Å²) < 4.78 is 10.8. The second-order valence-corrected chi connectivity index (χ2v) is 6.17. The molecule has 0 aliphatic carbocycles. The highest BCUT2D eigenvalue weighted by Crippen LogP contribution is 2.36. The molecule has 2 aliphatic heterocycles. The number of hydrogen-bond donors (Lipinski definition) is 0. The Kier molecular flexibility index (Phi) is 5.11. The van der Waals surface area contributed by atoms with Crippen LogP contribution in [0.5, 0.6) is 0 Å². The summed E-state index contributed by atoms with van der Waals surface area (Å²) in [7, 11) is 0. The number of rotatable bonds is 4. The third-order valence-corrected chi connectivity index (χ3v) is 4.87. The largest absolute Gasteiger partial charge is 0.466 e. The summed E-state index contributed by atoms with van der Waals surface area (Å²) in [5, 5.41) is 0. The van der Waals surface area contributed by atoms with E-state index in [9.17, 15) is 4.79 Å². The second kappa shape index (κ2) is 7.25. The summed E-state index contributed by atoms with van der Waals surface area (Å²) in [6.45, 7) is 5.75. The third kappa shape index (κ3) is 3.33. The molecule has 2 atom stereocenters. The molecule has 22 heavy (non-hydrogen) atoms. The quantitative estimate of drug-likeness (QED) is 0.801. The number of likely N-dealkylation sites (tertiary alicyclic amines) is 1. The molecule has 4 heteroatoms. The molecule has 0 radical (unpaired) electrons. The van der Waals surface area contributed by atoms with Gasteiger partial charge in [-0.2, -0.15) is 0 Å². The first-order valence-corrected chi connectivity index (χ1v) is 8.33. The van der Waals surface area contributed by atoms with E-state index in [1.807, 2.05) is 13.0 Å². The first kappa shape index (κ1) is 15.5. The number of ether oxygens (including phenoxy) is 2. The number of carbonyl (C=O) groups is 1. The van der Waals surface area contributed by atoms with Gasteiger partial charge in [-0.05, 0) is 25.3 Å². The van der Waals surface area contributed by atoms with Crippen LogP contribution >= 0.6 is 0 Å². The van der Waals surface area contributed by atoms with Crippen LogP contribution in [0.3, 0.4) is 0 Å². The van der Waals surface area contributed by atoms with Crippen LogP contribution in [0.2, 0.25) is 0 Å². The first-order valence-electron chi connectivity index (χ1n) is 8.33. The third-order valence-electron chi connectivity index (χ3n) is 4.87. The summed E-state index contributed by atoms with van der Waals surface area (Å²) >= 11 is 0. The average molecular weight is 303 g/mol. The number of esters is 1. The van der Waals surface area contributed by atoms with E-state index in [4.69, 9.17) is 9.47 Å². The average Bonchev–Trinajstić information content (AvgIpc) is 3.02. The highest BCUT2D eigenvalue weighted by Gasteiger charge is 2.41. The van der Waals surface area contributed by atoms with Gasteiger partial charge in [0.05, 0.1) is 12.5 Å². The van der Waals surface area contributed by atoms with Crippen LogP contribution in [0.4, 0.5) is 0 Å². The van der Waals surface area contributed by atoms with Gasteiger partial charge < -0.3 is 9.47 Å². The highest BCUT2D eigenvalue weighted by atomic mass is 16.5. The van der Waals surface area contributed by atoms with Crippen LogP contribution < -0.4 is 0 Å². The first-order chi connectivity index (χ1) is 10.8. The molecule has 2 saturated heterocycles. The molecule has 1 aromatic carbocycles. The maximum absolute atomic E-state index is 12.4. The van der Waals surface area contributed by atoms with Crippen molar-refractivity contribution in [2.45, 2.75) is 31.7 Å². The lowest BCUT2D eigenvalue weighted by Crippen LogP contribution is -2.38. The van der Waals surface area contributed by atoms with Gasteiger partial charge in [0.1, 0.15) is 0 Å². The van der Waals surface area contributed by atoms with Crippen molar-refractivity contribution in [3.8, 4) is 0 Å². The maximum Gasteiger partial charge on any atom is 0.310 e. The molecule has 0 spiro atoms. The van der Waals surface area contributed by atoms with Gasteiger partial charge in [-0.3, -0.25) is 9.69 Å². The minimum absolute atomic E-state index is 0.0501. The van der Waals surface area contributed by atoms with Crippen LogP contribution in [0.25, 0.3) is 0 Å².